The fourth-order valence-corrected chi connectivity index (χ4v) is 1.70. The first-order chi connectivity index (χ1) is 7.39. The molecule has 1 aromatic rings. The minimum Gasteiger partial charge on any atom is -0.290 e. The third-order valence-electron chi connectivity index (χ3n) is 1.81. The van der Waals surface area contributed by atoms with Gasteiger partial charge < -0.3 is 0 Å². The number of nitrogens with one attached hydrogen (secondary N) is 1. The van der Waals surface area contributed by atoms with Gasteiger partial charge in [-0.15, -0.1) is 0 Å². The summed E-state index contributed by atoms with van der Waals surface area (Å²) in [4.78, 5) is 10.4. The summed E-state index contributed by atoms with van der Waals surface area (Å²) in [5.74, 6) is 0.716. The lowest BCUT2D eigenvalue weighted by atomic mass is 10.2. The van der Waals surface area contributed by atoms with Crippen LogP contribution in [0.25, 0.3) is 0 Å². The molecule has 5 nitrogen and oxygen atoms in total. The van der Waals surface area contributed by atoms with Gasteiger partial charge in [-0.3, -0.25) is 10.2 Å². The Hall–Kier alpha value is -1.54. The first-order valence-electron chi connectivity index (χ1n) is 4.02. The zero-order valence-corrected chi connectivity index (χ0v) is 8.67. The minimum absolute atomic E-state index is 0.0794. The maximum absolute atomic E-state index is 12.1. The molecule has 0 atom stereocenters. The Morgan fingerprint density at radius 3 is 2.12 bits per heavy atom. The molecule has 0 unspecified atom stereocenters. The Morgan fingerprint density at radius 2 is 1.75 bits per heavy atom. The van der Waals surface area contributed by atoms with Gasteiger partial charge in [0.15, 0.2) is 0 Å². The van der Waals surface area contributed by atoms with Gasteiger partial charge in [-0.1, -0.05) is 0 Å². The number of halogens is 2. The molecule has 3 N–H and O–H groups in total. The van der Waals surface area contributed by atoms with Crippen LogP contribution in [-0.4, -0.2) is 20.1 Å². The molecule has 0 spiro atoms. The Balaban J connectivity index is 3.10. The fraction of sp³-hybridized carbons (Fsp3) is 0.125. The van der Waals surface area contributed by atoms with E-state index in [0.29, 0.717) is 0 Å². The highest BCUT2D eigenvalue weighted by Gasteiger charge is 2.26. The summed E-state index contributed by atoms with van der Waals surface area (Å²) in [7, 11) is -4.62. The molecule has 88 valence electrons. The molecule has 0 heterocycles. The number of rotatable bonds is 3. The van der Waals surface area contributed by atoms with E-state index in [1.165, 1.54) is 0 Å². The SMILES string of the molecule is NNC(=O)c1ccc(S(=O)(=O)C(F)F)cc1. The molecule has 0 aromatic heterocycles. The normalized spacial score (nSPS) is 11.5. The second kappa shape index (κ2) is 4.54. The van der Waals surface area contributed by atoms with Gasteiger partial charge in [0.2, 0.25) is 9.84 Å². The number of carbonyl (C=O) groups excluding carboxylic acids is 1. The number of hydrogen-bond donors (Lipinski definition) is 2. The van der Waals surface area contributed by atoms with E-state index in [2.05, 4.69) is 0 Å². The number of alkyl halides is 2. The van der Waals surface area contributed by atoms with E-state index in [1.807, 2.05) is 5.43 Å². The van der Waals surface area contributed by atoms with E-state index in [-0.39, 0.29) is 5.56 Å². The van der Waals surface area contributed by atoms with Crippen LogP contribution in [0.3, 0.4) is 0 Å². The van der Waals surface area contributed by atoms with Gasteiger partial charge in [0.05, 0.1) is 4.90 Å². The molecular weight excluding hydrogens is 242 g/mol. The van der Waals surface area contributed by atoms with Crippen molar-refractivity contribution in [2.75, 3.05) is 0 Å². The van der Waals surface area contributed by atoms with Gasteiger partial charge in [0, 0.05) is 5.56 Å². The molecule has 0 aliphatic heterocycles. The number of carbonyl (C=O) groups is 1. The number of nitrogen functional groups attached to an aromatic ring is 1. The molecular formula is C8H8F2N2O3S. The maximum Gasteiger partial charge on any atom is 0.341 e. The maximum atomic E-state index is 12.1. The Kier molecular flexibility index (Phi) is 3.55. The summed E-state index contributed by atoms with van der Waals surface area (Å²) < 4.78 is 46.3. The third kappa shape index (κ3) is 2.34. The van der Waals surface area contributed by atoms with Gasteiger partial charge >= 0.3 is 5.76 Å². The smallest absolute Gasteiger partial charge is 0.290 e. The molecule has 1 amide bonds. The Bertz CT molecular complexity index is 485. The quantitative estimate of drug-likeness (QED) is 0.458. The van der Waals surface area contributed by atoms with Crippen LogP contribution in [0.1, 0.15) is 10.4 Å². The predicted octanol–water partition coefficient (Wildman–Crippen LogP) is 0.286. The van der Waals surface area contributed by atoms with Crippen LogP contribution in [0.2, 0.25) is 0 Å². The molecule has 16 heavy (non-hydrogen) atoms. The van der Waals surface area contributed by atoms with Crippen molar-refractivity contribution in [2.24, 2.45) is 5.84 Å². The van der Waals surface area contributed by atoms with E-state index in [0.717, 1.165) is 24.3 Å². The van der Waals surface area contributed by atoms with Crippen LogP contribution < -0.4 is 11.3 Å². The summed E-state index contributed by atoms with van der Waals surface area (Å²) >= 11 is 0. The molecule has 1 aromatic carbocycles. The van der Waals surface area contributed by atoms with E-state index in [4.69, 9.17) is 5.84 Å². The highest BCUT2D eigenvalue weighted by molar-refractivity contribution is 7.91. The van der Waals surface area contributed by atoms with E-state index >= 15 is 0 Å². The summed E-state index contributed by atoms with van der Waals surface area (Å²) in [5.41, 5.74) is 1.91. The van der Waals surface area contributed by atoms with Gasteiger partial charge in [0.25, 0.3) is 5.91 Å². The minimum atomic E-state index is -4.62. The fourth-order valence-electron chi connectivity index (χ4n) is 0.982. The molecule has 0 saturated carbocycles. The van der Waals surface area contributed by atoms with Gasteiger partial charge in [0.1, 0.15) is 0 Å². The van der Waals surface area contributed by atoms with Crippen LogP contribution in [0.4, 0.5) is 8.78 Å². The van der Waals surface area contributed by atoms with Crippen LogP contribution in [-0.2, 0) is 9.84 Å². The van der Waals surface area contributed by atoms with E-state index in [1.54, 1.807) is 0 Å². The number of hydrogen-bond acceptors (Lipinski definition) is 4. The third-order valence-corrected chi connectivity index (χ3v) is 3.21. The first kappa shape index (κ1) is 12.5. The molecule has 0 bridgehead atoms. The number of benzene rings is 1. The Morgan fingerprint density at radius 1 is 1.25 bits per heavy atom. The van der Waals surface area contributed by atoms with Crippen LogP contribution in [0.15, 0.2) is 29.2 Å². The molecule has 0 radical (unpaired) electrons. The molecule has 0 saturated heterocycles. The topological polar surface area (TPSA) is 89.3 Å². The lowest BCUT2D eigenvalue weighted by Gasteiger charge is -2.04. The van der Waals surface area contributed by atoms with Crippen LogP contribution in [0, 0.1) is 0 Å². The van der Waals surface area contributed by atoms with Crippen molar-refractivity contribution in [3.8, 4) is 0 Å². The van der Waals surface area contributed by atoms with E-state index in [9.17, 15) is 22.0 Å². The molecule has 0 aliphatic rings. The second-order valence-corrected chi connectivity index (χ2v) is 4.72. The van der Waals surface area contributed by atoms with Gasteiger partial charge in [-0.2, -0.15) is 8.78 Å². The molecule has 8 heteroatoms. The standard InChI is InChI=1S/C8H8F2N2O3S/c9-8(10)16(14,15)6-3-1-5(2-4-6)7(13)12-11/h1-4,8H,11H2,(H,12,13). The highest BCUT2D eigenvalue weighted by atomic mass is 32.2. The Labute approximate surface area is 90.1 Å². The lowest BCUT2D eigenvalue weighted by Crippen LogP contribution is -2.29. The molecule has 1 rings (SSSR count). The monoisotopic (exact) mass is 250 g/mol. The average molecular weight is 250 g/mol. The van der Waals surface area contributed by atoms with Crippen molar-refractivity contribution >= 4 is 15.7 Å². The molecule has 0 fully saturated rings. The summed E-state index contributed by atoms with van der Waals surface area (Å²) in [6.07, 6.45) is 0. The summed E-state index contributed by atoms with van der Waals surface area (Å²) in [6, 6.07) is 4.03. The highest BCUT2D eigenvalue weighted by Crippen LogP contribution is 2.18. The van der Waals surface area contributed by atoms with Gasteiger partial charge in [-0.25, -0.2) is 14.3 Å². The number of hydrazine groups is 1. The molecule has 0 aliphatic carbocycles. The number of nitrogens with two attached hydrogens (primary N) is 1. The summed E-state index contributed by atoms with van der Waals surface area (Å²) in [5, 5.41) is 0. The predicted molar refractivity (Wildman–Crippen MR) is 51.3 cm³/mol. The van der Waals surface area contributed by atoms with Gasteiger partial charge in [-0.05, 0) is 24.3 Å². The largest absolute Gasteiger partial charge is 0.341 e. The van der Waals surface area contributed by atoms with Crippen molar-refractivity contribution in [3.05, 3.63) is 29.8 Å². The van der Waals surface area contributed by atoms with E-state index < -0.39 is 26.4 Å². The van der Waals surface area contributed by atoms with Crippen molar-refractivity contribution in [1.29, 1.82) is 0 Å². The van der Waals surface area contributed by atoms with Crippen LogP contribution in [0.5, 0.6) is 0 Å². The number of amides is 1. The van der Waals surface area contributed by atoms with Crippen LogP contribution >= 0.6 is 0 Å². The summed E-state index contributed by atoms with van der Waals surface area (Å²) in [6.45, 7) is 0. The zero-order valence-electron chi connectivity index (χ0n) is 7.85. The second-order valence-electron chi connectivity index (χ2n) is 2.80. The van der Waals surface area contributed by atoms with Crippen molar-refractivity contribution in [3.63, 3.8) is 0 Å². The van der Waals surface area contributed by atoms with Crippen molar-refractivity contribution in [1.82, 2.24) is 5.43 Å². The first-order valence-corrected chi connectivity index (χ1v) is 5.57. The zero-order chi connectivity index (χ0) is 12.3. The number of sulfone groups is 1. The average Bonchev–Trinajstić information content (AvgIpc) is 2.28. The van der Waals surface area contributed by atoms with Crippen molar-refractivity contribution in [2.45, 2.75) is 10.7 Å². The van der Waals surface area contributed by atoms with Crippen molar-refractivity contribution < 1.29 is 22.0 Å². The lowest BCUT2D eigenvalue weighted by molar-refractivity contribution is 0.0953.